The van der Waals surface area contributed by atoms with Gasteiger partial charge in [0.15, 0.2) is 0 Å². The zero-order valence-corrected chi connectivity index (χ0v) is 14.1. The maximum atomic E-state index is 12.8. The van der Waals surface area contributed by atoms with Gasteiger partial charge in [-0.05, 0) is 52.7 Å². The average molecular weight is 295 g/mol. The molecule has 2 aliphatic rings. The van der Waals surface area contributed by atoms with Gasteiger partial charge in [0.1, 0.15) is 0 Å². The van der Waals surface area contributed by atoms with Crippen molar-refractivity contribution in [3.05, 3.63) is 0 Å². The highest BCUT2D eigenvalue weighted by Crippen LogP contribution is 2.32. The Hall–Kier alpha value is -0.610. The van der Waals surface area contributed by atoms with Crippen molar-refractivity contribution in [1.82, 2.24) is 15.5 Å². The first kappa shape index (κ1) is 16.8. The second kappa shape index (κ2) is 7.10. The fourth-order valence-corrected chi connectivity index (χ4v) is 4.16. The van der Waals surface area contributed by atoms with Gasteiger partial charge in [0.25, 0.3) is 0 Å². The zero-order chi connectivity index (χ0) is 15.3. The molecule has 1 saturated heterocycles. The molecule has 1 aliphatic carbocycles. The van der Waals surface area contributed by atoms with Crippen LogP contribution in [0.4, 0.5) is 0 Å². The first-order chi connectivity index (χ1) is 10.0. The lowest BCUT2D eigenvalue weighted by Gasteiger charge is -2.43. The summed E-state index contributed by atoms with van der Waals surface area (Å²) in [6.07, 6.45) is 10.4. The molecule has 1 unspecified atom stereocenters. The summed E-state index contributed by atoms with van der Waals surface area (Å²) in [6.45, 7) is 3.94. The van der Waals surface area contributed by atoms with E-state index in [0.717, 1.165) is 38.8 Å². The van der Waals surface area contributed by atoms with Crippen LogP contribution in [0.2, 0.25) is 0 Å². The van der Waals surface area contributed by atoms with Crippen molar-refractivity contribution in [2.75, 3.05) is 27.2 Å². The number of carbonyl (C=O) groups is 1. The quantitative estimate of drug-likeness (QED) is 0.790. The number of nitrogens with zero attached hydrogens (tertiary/aromatic N) is 1. The molecule has 1 aliphatic heterocycles. The summed E-state index contributed by atoms with van der Waals surface area (Å²) >= 11 is 0. The highest BCUT2D eigenvalue weighted by Gasteiger charge is 2.41. The van der Waals surface area contributed by atoms with Crippen molar-refractivity contribution in [2.24, 2.45) is 0 Å². The van der Waals surface area contributed by atoms with E-state index < -0.39 is 0 Å². The Labute approximate surface area is 130 Å². The van der Waals surface area contributed by atoms with Gasteiger partial charge >= 0.3 is 0 Å². The summed E-state index contributed by atoms with van der Waals surface area (Å²) in [5, 5.41) is 6.77. The predicted octanol–water partition coefficient (Wildman–Crippen LogP) is 2.29. The molecule has 1 atom stereocenters. The molecule has 0 aromatic rings. The van der Waals surface area contributed by atoms with Gasteiger partial charge in [-0.3, -0.25) is 4.79 Å². The number of hydrogen-bond acceptors (Lipinski definition) is 3. The van der Waals surface area contributed by atoms with Gasteiger partial charge < -0.3 is 15.5 Å². The van der Waals surface area contributed by atoms with Gasteiger partial charge in [0.05, 0.1) is 5.54 Å². The Kier molecular flexibility index (Phi) is 5.67. The fraction of sp³-hybridized carbons (Fsp3) is 0.941. The summed E-state index contributed by atoms with van der Waals surface area (Å²) in [6, 6.07) is 0. The summed E-state index contributed by atoms with van der Waals surface area (Å²) in [5.41, 5.74) is -0.128. The van der Waals surface area contributed by atoms with Crippen LogP contribution < -0.4 is 10.6 Å². The van der Waals surface area contributed by atoms with E-state index in [1.54, 1.807) is 0 Å². The zero-order valence-electron chi connectivity index (χ0n) is 14.1. The lowest BCUT2D eigenvalue weighted by atomic mass is 9.80. The molecule has 0 spiro atoms. The van der Waals surface area contributed by atoms with Gasteiger partial charge in [-0.15, -0.1) is 0 Å². The van der Waals surface area contributed by atoms with Crippen LogP contribution in [0.1, 0.15) is 64.7 Å². The maximum absolute atomic E-state index is 12.8. The predicted molar refractivity (Wildman–Crippen MR) is 87.4 cm³/mol. The average Bonchev–Trinajstić information content (AvgIpc) is 2.96. The van der Waals surface area contributed by atoms with Crippen molar-refractivity contribution >= 4 is 5.91 Å². The number of rotatable bonds is 6. The molecule has 0 radical (unpaired) electrons. The number of likely N-dealkylation sites (N-methyl/N-ethyl adjacent to an activating group) is 1. The van der Waals surface area contributed by atoms with E-state index in [9.17, 15) is 4.79 Å². The van der Waals surface area contributed by atoms with E-state index >= 15 is 0 Å². The smallest absolute Gasteiger partial charge is 0.240 e. The minimum absolute atomic E-state index is 0.167. The SMILES string of the molecule is CCCC1(C(=O)NCC2(N(C)C)CCCCC2)CCCN1. The standard InChI is InChI=1S/C17H33N3O/c1-4-9-17(12-8-13-19-17)15(21)18-14-16(20(2)3)10-6-5-7-11-16/h19H,4-14H2,1-3H3,(H,18,21). The third kappa shape index (κ3) is 3.59. The summed E-state index contributed by atoms with van der Waals surface area (Å²) in [7, 11) is 4.32. The van der Waals surface area contributed by atoms with Crippen LogP contribution in [-0.4, -0.2) is 49.1 Å². The normalized spacial score (nSPS) is 28.8. The fourth-order valence-electron chi connectivity index (χ4n) is 4.16. The van der Waals surface area contributed by atoms with Crippen LogP contribution in [0.3, 0.4) is 0 Å². The Balaban J connectivity index is 1.98. The lowest BCUT2D eigenvalue weighted by molar-refractivity contribution is -0.128. The van der Waals surface area contributed by atoms with E-state index in [2.05, 4.69) is 36.6 Å². The van der Waals surface area contributed by atoms with Crippen molar-refractivity contribution in [3.63, 3.8) is 0 Å². The van der Waals surface area contributed by atoms with Crippen LogP contribution in [0.25, 0.3) is 0 Å². The van der Waals surface area contributed by atoms with Crippen molar-refractivity contribution in [1.29, 1.82) is 0 Å². The van der Waals surface area contributed by atoms with Crippen molar-refractivity contribution in [2.45, 2.75) is 75.8 Å². The summed E-state index contributed by atoms with van der Waals surface area (Å²) in [5.74, 6) is 0.230. The second-order valence-corrected chi connectivity index (χ2v) is 7.22. The molecule has 0 aromatic heterocycles. The molecular formula is C17H33N3O. The highest BCUT2D eigenvalue weighted by atomic mass is 16.2. The molecular weight excluding hydrogens is 262 g/mol. The van der Waals surface area contributed by atoms with E-state index in [0.29, 0.717) is 0 Å². The number of carbonyl (C=O) groups excluding carboxylic acids is 1. The lowest BCUT2D eigenvalue weighted by Crippen LogP contribution is -2.59. The van der Waals surface area contributed by atoms with Crippen LogP contribution in [0.5, 0.6) is 0 Å². The monoisotopic (exact) mass is 295 g/mol. The van der Waals surface area contributed by atoms with Gasteiger partial charge in [-0.2, -0.15) is 0 Å². The first-order valence-electron chi connectivity index (χ1n) is 8.75. The van der Waals surface area contributed by atoms with Crippen molar-refractivity contribution in [3.8, 4) is 0 Å². The topological polar surface area (TPSA) is 44.4 Å². The van der Waals surface area contributed by atoms with E-state index in [1.165, 1.54) is 32.1 Å². The van der Waals surface area contributed by atoms with Gasteiger partial charge in [0.2, 0.25) is 5.91 Å². The summed E-state index contributed by atoms with van der Waals surface area (Å²) < 4.78 is 0. The molecule has 122 valence electrons. The molecule has 2 N–H and O–H groups in total. The van der Waals surface area contributed by atoms with Gasteiger partial charge in [-0.1, -0.05) is 32.6 Å². The molecule has 21 heavy (non-hydrogen) atoms. The minimum atomic E-state index is -0.295. The Morgan fingerprint density at radius 3 is 2.38 bits per heavy atom. The van der Waals surface area contributed by atoms with Crippen molar-refractivity contribution < 1.29 is 4.79 Å². The van der Waals surface area contributed by atoms with Crippen LogP contribution in [0, 0.1) is 0 Å². The van der Waals surface area contributed by atoms with E-state index in [1.807, 2.05) is 0 Å². The molecule has 2 fully saturated rings. The maximum Gasteiger partial charge on any atom is 0.240 e. The number of nitrogens with one attached hydrogen (secondary N) is 2. The third-order valence-electron chi connectivity index (χ3n) is 5.67. The Morgan fingerprint density at radius 1 is 1.14 bits per heavy atom. The largest absolute Gasteiger partial charge is 0.353 e. The molecule has 0 aromatic carbocycles. The molecule has 0 bridgehead atoms. The molecule has 1 saturated carbocycles. The minimum Gasteiger partial charge on any atom is -0.353 e. The van der Waals surface area contributed by atoms with Gasteiger partial charge in [0, 0.05) is 12.1 Å². The third-order valence-corrected chi connectivity index (χ3v) is 5.67. The Bertz CT molecular complexity index is 342. The molecule has 1 amide bonds. The second-order valence-electron chi connectivity index (χ2n) is 7.22. The number of hydrogen-bond donors (Lipinski definition) is 2. The molecule has 4 nitrogen and oxygen atoms in total. The number of amides is 1. The van der Waals surface area contributed by atoms with Crippen LogP contribution >= 0.6 is 0 Å². The van der Waals surface area contributed by atoms with Gasteiger partial charge in [-0.25, -0.2) is 0 Å². The van der Waals surface area contributed by atoms with E-state index in [-0.39, 0.29) is 17.0 Å². The first-order valence-corrected chi connectivity index (χ1v) is 8.75. The van der Waals surface area contributed by atoms with Crippen LogP contribution in [-0.2, 0) is 4.79 Å². The van der Waals surface area contributed by atoms with E-state index in [4.69, 9.17) is 0 Å². The summed E-state index contributed by atoms with van der Waals surface area (Å²) in [4.78, 5) is 15.1. The Morgan fingerprint density at radius 2 is 1.86 bits per heavy atom. The highest BCUT2D eigenvalue weighted by molar-refractivity contribution is 5.86. The molecule has 2 rings (SSSR count). The molecule has 1 heterocycles. The molecule has 4 heteroatoms. The van der Waals surface area contributed by atoms with Crippen LogP contribution in [0.15, 0.2) is 0 Å².